The van der Waals surface area contributed by atoms with Gasteiger partial charge in [0, 0.05) is 32.4 Å². The normalized spacial score (nSPS) is 11.5. The van der Waals surface area contributed by atoms with Gasteiger partial charge in [0.1, 0.15) is 18.0 Å². The fraction of sp³-hybridized carbons (Fsp3) is 0.286. The Balaban J connectivity index is 1.73. The molecule has 0 saturated heterocycles. The number of benzene rings is 2. The zero-order valence-electron chi connectivity index (χ0n) is 23.2. The van der Waals surface area contributed by atoms with Crippen molar-refractivity contribution in [2.75, 3.05) is 56.9 Å². The predicted molar refractivity (Wildman–Crippen MR) is 154 cm³/mol. The number of halogens is 3. The van der Waals surface area contributed by atoms with Gasteiger partial charge in [0.15, 0.2) is 5.82 Å². The molecule has 0 saturated carbocycles. The number of aromatic nitrogens is 4. The van der Waals surface area contributed by atoms with Crippen LogP contribution in [0.2, 0.25) is 0 Å². The van der Waals surface area contributed by atoms with E-state index in [-0.39, 0.29) is 17.5 Å². The van der Waals surface area contributed by atoms with E-state index in [0.717, 1.165) is 11.1 Å². The number of nitrogens with zero attached hydrogens (tertiary/aromatic N) is 6. The number of methoxy groups -OCH3 is 1. The van der Waals surface area contributed by atoms with E-state index in [1.807, 2.05) is 30.9 Å². The maximum Gasteiger partial charge on any atom is 0.406 e. The monoisotopic (exact) mass is 568 g/mol. The maximum absolute atomic E-state index is 13.5. The summed E-state index contributed by atoms with van der Waals surface area (Å²) in [5.74, 6) is 0.190. The molecule has 10 nitrogen and oxygen atoms in total. The van der Waals surface area contributed by atoms with Crippen LogP contribution in [0, 0.1) is 0 Å². The van der Waals surface area contributed by atoms with Crippen molar-refractivity contribution in [3.8, 4) is 17.3 Å². The standard InChI is InChI=1S/C28H31F3N8O2/c1-6-25(40)33-20-15-21(24(41-5)16-23(20)38(4)14-13-37(2)3)36-27-32-12-11-19(35-27)26-34-18-9-7-8-10-22(18)39(26)17-28(29,30)31/h6-12,15-16H,1,13-14,17H2,2-5H3,(H,33,40)(H,32,35,36). The Kier molecular flexibility index (Phi) is 8.77. The topological polar surface area (TPSA) is 100 Å². The van der Waals surface area contributed by atoms with Crippen LogP contribution in [0.25, 0.3) is 22.6 Å². The minimum Gasteiger partial charge on any atom is -0.494 e. The van der Waals surface area contributed by atoms with Gasteiger partial charge in [-0.2, -0.15) is 13.2 Å². The third-order valence-corrected chi connectivity index (χ3v) is 6.18. The highest BCUT2D eigenvalue weighted by molar-refractivity contribution is 6.02. The Labute approximate surface area is 235 Å². The zero-order chi connectivity index (χ0) is 29.7. The Morgan fingerprint density at radius 2 is 1.85 bits per heavy atom. The number of nitrogens with one attached hydrogen (secondary N) is 2. The van der Waals surface area contributed by atoms with E-state index in [9.17, 15) is 18.0 Å². The lowest BCUT2D eigenvalue weighted by Gasteiger charge is -2.26. The number of carbonyl (C=O) groups excluding carboxylic acids is 1. The number of carbonyl (C=O) groups is 1. The second-order valence-corrected chi connectivity index (χ2v) is 9.50. The van der Waals surface area contributed by atoms with Gasteiger partial charge in [-0.05, 0) is 44.4 Å². The minimum atomic E-state index is -4.46. The predicted octanol–water partition coefficient (Wildman–Crippen LogP) is 4.93. The number of imidazole rings is 1. The lowest BCUT2D eigenvalue weighted by Crippen LogP contribution is -2.29. The van der Waals surface area contributed by atoms with Gasteiger partial charge in [-0.25, -0.2) is 15.0 Å². The Morgan fingerprint density at radius 1 is 1.10 bits per heavy atom. The van der Waals surface area contributed by atoms with Gasteiger partial charge in [-0.3, -0.25) is 4.79 Å². The van der Waals surface area contributed by atoms with E-state index >= 15 is 0 Å². The molecular formula is C28H31F3N8O2. The number of likely N-dealkylation sites (N-methyl/N-ethyl adjacent to an activating group) is 2. The number of amides is 1. The van der Waals surface area contributed by atoms with Crippen molar-refractivity contribution in [1.82, 2.24) is 24.4 Å². The molecule has 4 rings (SSSR count). The molecule has 0 aliphatic heterocycles. The van der Waals surface area contributed by atoms with Crippen LogP contribution in [0.1, 0.15) is 0 Å². The van der Waals surface area contributed by atoms with Crippen LogP contribution >= 0.6 is 0 Å². The van der Waals surface area contributed by atoms with E-state index in [2.05, 4.69) is 32.2 Å². The van der Waals surface area contributed by atoms with E-state index in [1.54, 1.807) is 36.4 Å². The highest BCUT2D eigenvalue weighted by Crippen LogP contribution is 2.38. The first-order chi connectivity index (χ1) is 19.5. The zero-order valence-corrected chi connectivity index (χ0v) is 23.2. The molecule has 0 aliphatic carbocycles. The van der Waals surface area contributed by atoms with E-state index in [4.69, 9.17) is 4.74 Å². The third kappa shape index (κ3) is 7.11. The van der Waals surface area contributed by atoms with E-state index in [0.29, 0.717) is 40.4 Å². The highest BCUT2D eigenvalue weighted by atomic mass is 19.4. The van der Waals surface area contributed by atoms with Crippen LogP contribution in [0.15, 0.2) is 61.3 Å². The van der Waals surface area contributed by atoms with Crippen molar-refractivity contribution >= 4 is 40.0 Å². The summed E-state index contributed by atoms with van der Waals surface area (Å²) >= 11 is 0. The number of para-hydroxylation sites is 2. The summed E-state index contributed by atoms with van der Waals surface area (Å²) in [6, 6.07) is 11.5. The number of hydrogen-bond acceptors (Lipinski definition) is 8. The largest absolute Gasteiger partial charge is 0.494 e. The second kappa shape index (κ2) is 12.3. The van der Waals surface area contributed by atoms with Gasteiger partial charge in [-0.1, -0.05) is 18.7 Å². The minimum absolute atomic E-state index is 0.0535. The number of hydrogen-bond donors (Lipinski definition) is 2. The summed E-state index contributed by atoms with van der Waals surface area (Å²) in [6.07, 6.45) is -1.87. The molecule has 41 heavy (non-hydrogen) atoms. The Morgan fingerprint density at radius 3 is 2.54 bits per heavy atom. The SMILES string of the molecule is C=CC(=O)Nc1cc(Nc2nccc(-c3nc4ccccc4n3CC(F)(F)F)n2)c(OC)cc1N(C)CCN(C)C. The maximum atomic E-state index is 13.5. The van der Waals surface area contributed by atoms with Crippen molar-refractivity contribution in [3.05, 3.63) is 61.3 Å². The fourth-order valence-electron chi connectivity index (χ4n) is 4.18. The van der Waals surface area contributed by atoms with Crippen LogP contribution in [-0.2, 0) is 11.3 Å². The number of rotatable bonds is 11. The summed E-state index contributed by atoms with van der Waals surface area (Å²) in [7, 11) is 7.33. The van der Waals surface area contributed by atoms with Crippen molar-refractivity contribution in [2.24, 2.45) is 0 Å². The van der Waals surface area contributed by atoms with Gasteiger partial charge in [0.2, 0.25) is 11.9 Å². The van der Waals surface area contributed by atoms with Crippen LogP contribution in [0.4, 0.5) is 36.2 Å². The van der Waals surface area contributed by atoms with Crippen LogP contribution in [-0.4, -0.2) is 77.8 Å². The molecule has 1 amide bonds. The molecule has 0 aliphatic rings. The summed E-state index contributed by atoms with van der Waals surface area (Å²) < 4.78 is 47.1. The number of fused-ring (bicyclic) bond motifs is 1. The third-order valence-electron chi connectivity index (χ3n) is 6.18. The quantitative estimate of drug-likeness (QED) is 0.246. The lowest BCUT2D eigenvalue weighted by molar-refractivity contribution is -0.139. The molecule has 2 N–H and O–H groups in total. The molecule has 2 aromatic heterocycles. The Bertz CT molecular complexity index is 1550. The lowest BCUT2D eigenvalue weighted by atomic mass is 10.2. The number of anilines is 4. The molecule has 2 aromatic carbocycles. The Hall–Kier alpha value is -4.65. The average molecular weight is 569 g/mol. The van der Waals surface area contributed by atoms with Crippen LogP contribution in [0.5, 0.6) is 5.75 Å². The molecule has 0 unspecified atom stereocenters. The number of alkyl halides is 3. The molecule has 0 fully saturated rings. The molecule has 13 heteroatoms. The molecule has 0 radical (unpaired) electrons. The molecule has 4 aromatic rings. The summed E-state index contributed by atoms with van der Waals surface area (Å²) in [6.45, 7) is 3.75. The summed E-state index contributed by atoms with van der Waals surface area (Å²) in [5.41, 5.74) is 2.58. The van der Waals surface area contributed by atoms with Crippen LogP contribution < -0.4 is 20.3 Å². The molecule has 0 atom stereocenters. The number of ether oxygens (including phenoxy) is 1. The van der Waals surface area contributed by atoms with Crippen molar-refractivity contribution in [2.45, 2.75) is 12.7 Å². The summed E-state index contributed by atoms with van der Waals surface area (Å²) in [5, 5.41) is 5.89. The van der Waals surface area contributed by atoms with E-state index < -0.39 is 18.6 Å². The van der Waals surface area contributed by atoms with Gasteiger partial charge < -0.3 is 29.7 Å². The molecule has 2 heterocycles. The van der Waals surface area contributed by atoms with Crippen molar-refractivity contribution < 1.29 is 22.7 Å². The first-order valence-corrected chi connectivity index (χ1v) is 12.6. The van der Waals surface area contributed by atoms with Crippen LogP contribution in [0.3, 0.4) is 0 Å². The van der Waals surface area contributed by atoms with Crippen molar-refractivity contribution in [1.29, 1.82) is 0 Å². The highest BCUT2D eigenvalue weighted by Gasteiger charge is 2.31. The van der Waals surface area contributed by atoms with E-state index in [1.165, 1.54) is 25.4 Å². The van der Waals surface area contributed by atoms with Gasteiger partial charge in [0.05, 0.1) is 35.2 Å². The fourth-order valence-corrected chi connectivity index (χ4v) is 4.18. The first kappa shape index (κ1) is 29.3. The van der Waals surface area contributed by atoms with Gasteiger partial charge >= 0.3 is 6.18 Å². The average Bonchev–Trinajstić information content (AvgIpc) is 3.28. The second-order valence-electron chi connectivity index (χ2n) is 9.50. The van der Waals surface area contributed by atoms with Gasteiger partial charge in [-0.15, -0.1) is 0 Å². The first-order valence-electron chi connectivity index (χ1n) is 12.6. The van der Waals surface area contributed by atoms with Crippen molar-refractivity contribution in [3.63, 3.8) is 0 Å². The smallest absolute Gasteiger partial charge is 0.406 e. The summed E-state index contributed by atoms with van der Waals surface area (Å²) in [4.78, 5) is 29.4. The molecule has 0 spiro atoms. The molecule has 0 bridgehead atoms. The molecule has 216 valence electrons. The molecular weight excluding hydrogens is 537 g/mol. The van der Waals surface area contributed by atoms with Gasteiger partial charge in [0.25, 0.3) is 0 Å².